The molecule has 0 spiro atoms. The van der Waals surface area contributed by atoms with Crippen LogP contribution in [0.25, 0.3) is 0 Å². The molecule has 0 saturated carbocycles. The van der Waals surface area contributed by atoms with Crippen LogP contribution in [0.15, 0.2) is 39.1 Å². The Morgan fingerprint density at radius 3 is 2.75 bits per heavy atom. The number of benzene rings is 1. The van der Waals surface area contributed by atoms with Gasteiger partial charge in [-0.15, -0.1) is 23.1 Å². The minimum absolute atomic E-state index is 0.0213. The van der Waals surface area contributed by atoms with Gasteiger partial charge in [0.25, 0.3) is 5.91 Å². The molecule has 148 valence electrons. The van der Waals surface area contributed by atoms with Crippen LogP contribution in [0.2, 0.25) is 0 Å². The normalized spacial score (nSPS) is 11.0. The smallest absolute Gasteiger partial charge is 0.252 e. The average Bonchev–Trinajstić information content (AvgIpc) is 3.25. The van der Waals surface area contributed by atoms with E-state index in [9.17, 15) is 4.79 Å². The Balaban J connectivity index is 1.49. The Hall–Kier alpha value is -2.12. The standard InChI is InChI=1S/C21H25N3O2S2/c1-14-12-28-20(23-14)10-6-7-11-22-21(25)17-8-4-5-9-19(17)27-13-18-15(2)24-26-16(18)3/h4-5,8-9,12H,6-7,10-11,13H2,1-3H3,(H,22,25). The van der Waals surface area contributed by atoms with Crippen molar-refractivity contribution in [3.05, 3.63) is 62.9 Å². The Morgan fingerprint density at radius 2 is 2.04 bits per heavy atom. The molecule has 2 aromatic heterocycles. The van der Waals surface area contributed by atoms with E-state index in [1.54, 1.807) is 23.1 Å². The number of aryl methyl sites for hydroxylation is 4. The molecule has 0 aliphatic rings. The summed E-state index contributed by atoms with van der Waals surface area (Å²) in [6, 6.07) is 7.73. The lowest BCUT2D eigenvalue weighted by Gasteiger charge is -2.10. The zero-order valence-corrected chi connectivity index (χ0v) is 18.1. The number of carbonyl (C=O) groups is 1. The third-order valence-electron chi connectivity index (χ3n) is 4.45. The Bertz CT molecular complexity index is 914. The largest absolute Gasteiger partial charge is 0.361 e. The number of thiazole rings is 1. The van der Waals surface area contributed by atoms with Crippen molar-refractivity contribution in [2.45, 2.75) is 50.7 Å². The number of hydrogen-bond acceptors (Lipinski definition) is 6. The van der Waals surface area contributed by atoms with E-state index in [2.05, 4.69) is 20.8 Å². The molecule has 0 saturated heterocycles. The maximum absolute atomic E-state index is 12.6. The van der Waals surface area contributed by atoms with Crippen molar-refractivity contribution >= 4 is 29.0 Å². The van der Waals surface area contributed by atoms with Crippen molar-refractivity contribution in [1.29, 1.82) is 0 Å². The quantitative estimate of drug-likeness (QED) is 0.389. The highest BCUT2D eigenvalue weighted by molar-refractivity contribution is 7.98. The predicted octanol–water partition coefficient (Wildman–Crippen LogP) is 5.10. The topological polar surface area (TPSA) is 68.0 Å². The van der Waals surface area contributed by atoms with Gasteiger partial charge in [0.1, 0.15) is 5.76 Å². The summed E-state index contributed by atoms with van der Waals surface area (Å²) in [5.41, 5.74) is 3.80. The third kappa shape index (κ3) is 5.45. The first-order valence-electron chi connectivity index (χ1n) is 9.37. The van der Waals surface area contributed by atoms with E-state index < -0.39 is 0 Å². The van der Waals surface area contributed by atoms with E-state index in [0.717, 1.165) is 58.2 Å². The average molecular weight is 416 g/mol. The SMILES string of the molecule is Cc1csc(CCCCNC(=O)c2ccccc2SCc2c(C)noc2C)n1. The van der Waals surface area contributed by atoms with Gasteiger partial charge in [-0.2, -0.15) is 0 Å². The molecule has 1 aromatic carbocycles. The van der Waals surface area contributed by atoms with E-state index in [-0.39, 0.29) is 5.91 Å². The van der Waals surface area contributed by atoms with E-state index in [1.807, 2.05) is 45.0 Å². The van der Waals surface area contributed by atoms with Crippen LogP contribution in [0.1, 0.15) is 50.9 Å². The van der Waals surface area contributed by atoms with Gasteiger partial charge in [-0.05, 0) is 52.2 Å². The van der Waals surface area contributed by atoms with Crippen molar-refractivity contribution in [3.8, 4) is 0 Å². The number of aromatic nitrogens is 2. The van der Waals surface area contributed by atoms with E-state index in [4.69, 9.17) is 4.52 Å². The van der Waals surface area contributed by atoms with Crippen LogP contribution in [0.4, 0.5) is 0 Å². The van der Waals surface area contributed by atoms with Crippen molar-refractivity contribution in [3.63, 3.8) is 0 Å². The summed E-state index contributed by atoms with van der Waals surface area (Å²) >= 11 is 3.34. The van der Waals surface area contributed by atoms with Gasteiger partial charge in [-0.3, -0.25) is 4.79 Å². The van der Waals surface area contributed by atoms with Crippen LogP contribution in [0.3, 0.4) is 0 Å². The summed E-state index contributed by atoms with van der Waals surface area (Å²) in [5.74, 6) is 1.55. The molecule has 0 bridgehead atoms. The Morgan fingerprint density at radius 1 is 1.21 bits per heavy atom. The van der Waals surface area contributed by atoms with Gasteiger partial charge in [0, 0.05) is 33.8 Å². The van der Waals surface area contributed by atoms with Gasteiger partial charge in [-0.1, -0.05) is 17.3 Å². The molecule has 2 heterocycles. The maximum Gasteiger partial charge on any atom is 0.252 e. The van der Waals surface area contributed by atoms with Crippen LogP contribution in [-0.4, -0.2) is 22.6 Å². The summed E-state index contributed by atoms with van der Waals surface area (Å²) in [6.45, 7) is 6.55. The van der Waals surface area contributed by atoms with E-state index in [1.165, 1.54) is 5.01 Å². The minimum Gasteiger partial charge on any atom is -0.361 e. The summed E-state index contributed by atoms with van der Waals surface area (Å²) in [5, 5.41) is 10.3. The first-order chi connectivity index (χ1) is 13.5. The molecule has 0 aliphatic carbocycles. The second-order valence-corrected chi connectivity index (χ2v) is 8.64. The lowest BCUT2D eigenvalue weighted by atomic mass is 10.2. The fraction of sp³-hybridized carbons (Fsp3) is 0.381. The van der Waals surface area contributed by atoms with Crippen molar-refractivity contribution < 1.29 is 9.32 Å². The molecule has 3 aromatic rings. The van der Waals surface area contributed by atoms with Crippen LogP contribution in [0.5, 0.6) is 0 Å². The molecule has 0 radical (unpaired) electrons. The summed E-state index contributed by atoms with van der Waals surface area (Å²) in [7, 11) is 0. The first-order valence-corrected chi connectivity index (χ1v) is 11.2. The summed E-state index contributed by atoms with van der Waals surface area (Å²) in [4.78, 5) is 18.1. The van der Waals surface area contributed by atoms with Gasteiger partial charge >= 0.3 is 0 Å². The number of rotatable bonds is 9. The molecule has 1 N–H and O–H groups in total. The molecule has 0 aliphatic heterocycles. The highest BCUT2D eigenvalue weighted by Gasteiger charge is 2.14. The van der Waals surface area contributed by atoms with Crippen LogP contribution in [0, 0.1) is 20.8 Å². The zero-order chi connectivity index (χ0) is 19.9. The fourth-order valence-corrected chi connectivity index (χ4v) is 4.88. The molecule has 3 rings (SSSR count). The molecule has 7 heteroatoms. The maximum atomic E-state index is 12.6. The van der Waals surface area contributed by atoms with Crippen molar-refractivity contribution in [2.24, 2.45) is 0 Å². The molecule has 0 fully saturated rings. The summed E-state index contributed by atoms with van der Waals surface area (Å²) < 4.78 is 5.22. The molecular weight excluding hydrogens is 390 g/mol. The second-order valence-electron chi connectivity index (χ2n) is 6.68. The van der Waals surface area contributed by atoms with Crippen LogP contribution in [-0.2, 0) is 12.2 Å². The number of unbranched alkanes of at least 4 members (excludes halogenated alkanes) is 1. The van der Waals surface area contributed by atoms with Gasteiger partial charge in [0.15, 0.2) is 0 Å². The number of nitrogens with one attached hydrogen (secondary N) is 1. The van der Waals surface area contributed by atoms with Gasteiger partial charge in [-0.25, -0.2) is 4.98 Å². The molecule has 5 nitrogen and oxygen atoms in total. The monoisotopic (exact) mass is 415 g/mol. The van der Waals surface area contributed by atoms with Crippen LogP contribution < -0.4 is 5.32 Å². The first kappa shape index (κ1) is 20.6. The molecule has 0 unspecified atom stereocenters. The zero-order valence-electron chi connectivity index (χ0n) is 16.4. The number of thioether (sulfide) groups is 1. The second kappa shape index (κ2) is 9.89. The molecular formula is C21H25N3O2S2. The van der Waals surface area contributed by atoms with E-state index >= 15 is 0 Å². The van der Waals surface area contributed by atoms with E-state index in [0.29, 0.717) is 6.54 Å². The molecule has 0 atom stereocenters. The number of amides is 1. The Labute approximate surface area is 173 Å². The minimum atomic E-state index is -0.0213. The number of nitrogens with zero attached hydrogens (tertiary/aromatic N) is 2. The summed E-state index contributed by atoms with van der Waals surface area (Å²) in [6.07, 6.45) is 2.94. The van der Waals surface area contributed by atoms with Crippen LogP contribution >= 0.6 is 23.1 Å². The molecule has 1 amide bonds. The van der Waals surface area contributed by atoms with Gasteiger partial charge in [0.05, 0.1) is 16.3 Å². The van der Waals surface area contributed by atoms with Crippen molar-refractivity contribution in [2.75, 3.05) is 6.54 Å². The van der Waals surface area contributed by atoms with Crippen molar-refractivity contribution in [1.82, 2.24) is 15.5 Å². The predicted molar refractivity (Wildman–Crippen MR) is 114 cm³/mol. The van der Waals surface area contributed by atoms with Gasteiger partial charge in [0.2, 0.25) is 0 Å². The fourth-order valence-electron chi connectivity index (χ4n) is 2.85. The highest BCUT2D eigenvalue weighted by Crippen LogP contribution is 2.28. The third-order valence-corrected chi connectivity index (χ3v) is 6.58. The lowest BCUT2D eigenvalue weighted by molar-refractivity contribution is 0.0950. The number of hydrogen-bond donors (Lipinski definition) is 1. The van der Waals surface area contributed by atoms with Gasteiger partial charge < -0.3 is 9.84 Å². The molecule has 28 heavy (non-hydrogen) atoms. The lowest BCUT2D eigenvalue weighted by Crippen LogP contribution is -2.25. The Kier molecular flexibility index (Phi) is 7.28. The highest BCUT2D eigenvalue weighted by atomic mass is 32.2. The number of carbonyl (C=O) groups excluding carboxylic acids is 1.